The second kappa shape index (κ2) is 5.86. The summed E-state index contributed by atoms with van der Waals surface area (Å²) in [7, 11) is -3.48. The minimum absolute atomic E-state index is 0.277. The number of hydrogen-bond acceptors (Lipinski definition) is 2. The fraction of sp³-hybridized carbons (Fsp3) is 0.143. The van der Waals surface area contributed by atoms with E-state index in [4.69, 9.17) is 0 Å². The highest BCUT2D eigenvalue weighted by atomic mass is 79.9. The van der Waals surface area contributed by atoms with Gasteiger partial charge in [0.15, 0.2) is 0 Å². The summed E-state index contributed by atoms with van der Waals surface area (Å²) in [5.74, 6) is 0. The molecule has 0 aromatic heterocycles. The lowest BCUT2D eigenvalue weighted by molar-refractivity contribution is 0.567. The van der Waals surface area contributed by atoms with E-state index in [2.05, 4.69) is 20.7 Å². The lowest BCUT2D eigenvalue weighted by Gasteiger charge is -2.14. The number of rotatable bonds is 4. The van der Waals surface area contributed by atoms with Crippen LogP contribution < -0.4 is 4.72 Å². The van der Waals surface area contributed by atoms with Gasteiger partial charge in [0, 0.05) is 10.5 Å². The molecule has 0 aliphatic carbocycles. The van der Waals surface area contributed by atoms with E-state index in [-0.39, 0.29) is 10.9 Å². The van der Waals surface area contributed by atoms with Crippen molar-refractivity contribution in [2.45, 2.75) is 17.9 Å². The zero-order chi connectivity index (χ0) is 13.9. The summed E-state index contributed by atoms with van der Waals surface area (Å²) >= 11 is 3.35. The van der Waals surface area contributed by atoms with Crippen LogP contribution in [0.5, 0.6) is 0 Å². The molecule has 0 radical (unpaired) electrons. The third-order valence-electron chi connectivity index (χ3n) is 2.76. The van der Waals surface area contributed by atoms with Gasteiger partial charge in [0.1, 0.15) is 0 Å². The summed E-state index contributed by atoms with van der Waals surface area (Å²) in [5, 5.41) is 0. The number of benzene rings is 2. The van der Waals surface area contributed by atoms with E-state index in [1.807, 2.05) is 31.2 Å². The number of halogens is 1. The van der Waals surface area contributed by atoms with Crippen LogP contribution in [0.3, 0.4) is 0 Å². The molecule has 0 aliphatic rings. The van der Waals surface area contributed by atoms with Gasteiger partial charge in [-0.2, -0.15) is 0 Å². The van der Waals surface area contributed by atoms with Gasteiger partial charge in [-0.25, -0.2) is 13.1 Å². The SMILES string of the molecule is C[C@H](NS(=O)(=O)c1ccccc1)c1ccc(Br)cc1. The fourth-order valence-corrected chi connectivity index (χ4v) is 3.24. The topological polar surface area (TPSA) is 46.2 Å². The van der Waals surface area contributed by atoms with Gasteiger partial charge in [0.05, 0.1) is 4.90 Å². The summed E-state index contributed by atoms with van der Waals surface area (Å²) in [4.78, 5) is 0.277. The average molecular weight is 340 g/mol. The maximum atomic E-state index is 12.2. The monoisotopic (exact) mass is 339 g/mol. The molecule has 0 aliphatic heterocycles. The summed E-state index contributed by atoms with van der Waals surface area (Å²) in [6.07, 6.45) is 0. The molecule has 0 saturated carbocycles. The molecule has 0 unspecified atom stereocenters. The molecule has 100 valence electrons. The Hall–Kier alpha value is -1.17. The summed E-state index contributed by atoms with van der Waals surface area (Å²) < 4.78 is 28.0. The Morgan fingerprint density at radius 1 is 1.00 bits per heavy atom. The third kappa shape index (κ3) is 3.65. The van der Waals surface area contributed by atoms with Crippen LogP contribution in [0.15, 0.2) is 64.0 Å². The zero-order valence-corrected chi connectivity index (χ0v) is 12.8. The first kappa shape index (κ1) is 14.2. The Bertz CT molecular complexity index is 639. The Morgan fingerprint density at radius 3 is 2.16 bits per heavy atom. The van der Waals surface area contributed by atoms with E-state index in [0.717, 1.165) is 10.0 Å². The van der Waals surface area contributed by atoms with E-state index >= 15 is 0 Å². The molecule has 0 spiro atoms. The quantitative estimate of drug-likeness (QED) is 0.926. The predicted molar refractivity (Wildman–Crippen MR) is 79.3 cm³/mol. The molecular formula is C14H14BrNO2S. The van der Waals surface area contributed by atoms with Crippen LogP contribution in [0.2, 0.25) is 0 Å². The highest BCUT2D eigenvalue weighted by Gasteiger charge is 2.17. The molecule has 2 rings (SSSR count). The molecule has 0 saturated heterocycles. The molecule has 1 atom stereocenters. The van der Waals surface area contributed by atoms with Crippen LogP contribution in [0.1, 0.15) is 18.5 Å². The lowest BCUT2D eigenvalue weighted by atomic mass is 10.1. The number of nitrogens with one attached hydrogen (secondary N) is 1. The zero-order valence-electron chi connectivity index (χ0n) is 10.4. The van der Waals surface area contributed by atoms with Crippen LogP contribution >= 0.6 is 15.9 Å². The Morgan fingerprint density at radius 2 is 1.58 bits per heavy atom. The molecule has 0 amide bonds. The molecule has 0 bridgehead atoms. The largest absolute Gasteiger partial charge is 0.241 e. The third-order valence-corrected chi connectivity index (χ3v) is 4.84. The van der Waals surface area contributed by atoms with Crippen molar-refractivity contribution in [3.63, 3.8) is 0 Å². The van der Waals surface area contributed by atoms with E-state index in [1.165, 1.54) is 0 Å². The normalized spacial score (nSPS) is 13.2. The van der Waals surface area contributed by atoms with Gasteiger partial charge in [-0.1, -0.05) is 46.3 Å². The van der Waals surface area contributed by atoms with Crippen LogP contribution in [0.25, 0.3) is 0 Å². The van der Waals surface area contributed by atoms with Gasteiger partial charge in [-0.3, -0.25) is 0 Å². The smallest absolute Gasteiger partial charge is 0.207 e. The van der Waals surface area contributed by atoms with Crippen molar-refractivity contribution in [3.05, 3.63) is 64.6 Å². The highest BCUT2D eigenvalue weighted by Crippen LogP contribution is 2.19. The van der Waals surface area contributed by atoms with Gasteiger partial charge < -0.3 is 0 Å². The molecule has 0 heterocycles. The molecule has 2 aromatic rings. The Balaban J connectivity index is 2.19. The molecule has 0 fully saturated rings. The Kier molecular flexibility index (Phi) is 4.39. The molecule has 2 aromatic carbocycles. The van der Waals surface area contributed by atoms with Crippen molar-refractivity contribution in [3.8, 4) is 0 Å². The summed E-state index contributed by atoms with van der Waals surface area (Å²) in [5.41, 5.74) is 0.919. The first-order valence-electron chi connectivity index (χ1n) is 5.82. The molecule has 19 heavy (non-hydrogen) atoms. The van der Waals surface area contributed by atoms with Crippen LogP contribution in [0.4, 0.5) is 0 Å². The fourth-order valence-electron chi connectivity index (χ4n) is 1.72. The second-order valence-corrected chi connectivity index (χ2v) is 6.84. The van der Waals surface area contributed by atoms with Crippen molar-refractivity contribution in [2.75, 3.05) is 0 Å². The minimum Gasteiger partial charge on any atom is -0.207 e. The maximum absolute atomic E-state index is 12.2. The molecule has 5 heteroatoms. The van der Waals surface area contributed by atoms with Crippen molar-refractivity contribution in [1.29, 1.82) is 0 Å². The van der Waals surface area contributed by atoms with Gasteiger partial charge in [-0.05, 0) is 36.8 Å². The van der Waals surface area contributed by atoms with Gasteiger partial charge in [0.25, 0.3) is 0 Å². The van der Waals surface area contributed by atoms with Crippen LogP contribution in [-0.4, -0.2) is 8.42 Å². The van der Waals surface area contributed by atoms with Gasteiger partial charge in [-0.15, -0.1) is 0 Å². The van der Waals surface area contributed by atoms with Crippen molar-refractivity contribution < 1.29 is 8.42 Å². The number of sulfonamides is 1. The molecule has 1 N–H and O–H groups in total. The lowest BCUT2D eigenvalue weighted by Crippen LogP contribution is -2.26. The van der Waals surface area contributed by atoms with Crippen LogP contribution in [0, 0.1) is 0 Å². The van der Waals surface area contributed by atoms with Gasteiger partial charge >= 0.3 is 0 Å². The van der Waals surface area contributed by atoms with Crippen molar-refractivity contribution in [2.24, 2.45) is 0 Å². The summed E-state index contributed by atoms with van der Waals surface area (Å²) in [6, 6.07) is 15.6. The van der Waals surface area contributed by atoms with E-state index in [9.17, 15) is 8.42 Å². The maximum Gasteiger partial charge on any atom is 0.241 e. The van der Waals surface area contributed by atoms with E-state index < -0.39 is 10.0 Å². The van der Waals surface area contributed by atoms with Gasteiger partial charge in [0.2, 0.25) is 10.0 Å². The van der Waals surface area contributed by atoms with Crippen molar-refractivity contribution in [1.82, 2.24) is 4.72 Å². The predicted octanol–water partition coefficient (Wildman–Crippen LogP) is 3.49. The summed E-state index contributed by atoms with van der Waals surface area (Å²) in [6.45, 7) is 1.82. The second-order valence-electron chi connectivity index (χ2n) is 4.21. The Labute approximate surface area is 121 Å². The minimum atomic E-state index is -3.48. The average Bonchev–Trinajstić information content (AvgIpc) is 2.40. The molecular weight excluding hydrogens is 326 g/mol. The number of hydrogen-bond donors (Lipinski definition) is 1. The van der Waals surface area contributed by atoms with Crippen molar-refractivity contribution >= 4 is 26.0 Å². The van der Waals surface area contributed by atoms with E-state index in [1.54, 1.807) is 30.3 Å². The standard InChI is InChI=1S/C14H14BrNO2S/c1-11(12-7-9-13(15)10-8-12)16-19(17,18)14-5-3-2-4-6-14/h2-11,16H,1H3/t11-/m0/s1. The van der Waals surface area contributed by atoms with E-state index in [0.29, 0.717) is 0 Å². The first-order chi connectivity index (χ1) is 8.99. The van der Waals surface area contributed by atoms with Crippen LogP contribution in [-0.2, 0) is 10.0 Å². The highest BCUT2D eigenvalue weighted by molar-refractivity contribution is 9.10. The first-order valence-corrected chi connectivity index (χ1v) is 8.09. The molecule has 3 nitrogen and oxygen atoms in total.